The van der Waals surface area contributed by atoms with Crippen LogP contribution in [0.5, 0.6) is 0 Å². The summed E-state index contributed by atoms with van der Waals surface area (Å²) in [5.41, 5.74) is -6.24. The Bertz CT molecular complexity index is 1900. The van der Waals surface area contributed by atoms with Gasteiger partial charge in [-0.15, -0.1) is 0 Å². The lowest BCUT2D eigenvalue weighted by atomic mass is 9.44. The minimum absolute atomic E-state index is 0.0454. The molecule has 2 aromatic carbocycles. The lowest BCUT2D eigenvalue weighted by Crippen LogP contribution is -2.81. The molecule has 308 valence electrons. The quantitative estimate of drug-likeness (QED) is 0.102. The van der Waals surface area contributed by atoms with Crippen LogP contribution >= 0.6 is 0 Å². The molecule has 3 aliphatic carbocycles. The number of carbonyl (C=O) groups excluding carboxylic acids is 5. The van der Waals surface area contributed by atoms with E-state index in [1.54, 1.807) is 63.2 Å². The zero-order valence-corrected chi connectivity index (χ0v) is 33.5. The number of nitrogens with one attached hydrogen (secondary N) is 1. The Kier molecular flexibility index (Phi) is 11.9. The Balaban J connectivity index is 1.45. The van der Waals surface area contributed by atoms with Crippen molar-refractivity contribution >= 4 is 29.6 Å². The minimum Gasteiger partial charge on any atom is -0.458 e. The van der Waals surface area contributed by atoms with Gasteiger partial charge in [0.2, 0.25) is 5.91 Å². The van der Waals surface area contributed by atoms with Crippen LogP contribution in [0.25, 0.3) is 0 Å². The first-order valence-corrected chi connectivity index (χ1v) is 19.9. The average Bonchev–Trinajstić information content (AvgIpc) is 3.16. The van der Waals surface area contributed by atoms with Crippen molar-refractivity contribution in [3.05, 3.63) is 82.9 Å². The molecule has 1 aliphatic heterocycles. The fourth-order valence-electron chi connectivity index (χ4n) is 9.89. The van der Waals surface area contributed by atoms with Crippen LogP contribution in [0, 0.1) is 16.7 Å². The summed E-state index contributed by atoms with van der Waals surface area (Å²) in [7, 11) is 0. The number of amides is 1. The van der Waals surface area contributed by atoms with Crippen molar-refractivity contribution in [2.45, 2.75) is 134 Å². The highest BCUT2D eigenvalue weighted by Crippen LogP contribution is 2.64. The summed E-state index contributed by atoms with van der Waals surface area (Å²) in [5.74, 6) is -4.84. The molecule has 2 bridgehead atoms. The molecule has 0 spiro atoms. The molecule has 0 radical (unpaired) electrons. The van der Waals surface area contributed by atoms with Crippen LogP contribution in [-0.2, 0) is 38.1 Å². The number of esters is 3. The number of hydrogen-bond acceptors (Lipinski definition) is 12. The summed E-state index contributed by atoms with van der Waals surface area (Å²) in [6, 6.07) is 16.3. The van der Waals surface area contributed by atoms with E-state index in [2.05, 4.69) is 5.32 Å². The lowest BCUT2D eigenvalue weighted by Gasteiger charge is -2.67. The number of ketones is 1. The highest BCUT2D eigenvalue weighted by Gasteiger charge is 2.78. The number of unbranched alkanes of at least 4 members (excludes halogenated alkanes) is 2. The van der Waals surface area contributed by atoms with Crippen LogP contribution in [0.1, 0.15) is 108 Å². The molecule has 1 heterocycles. The van der Waals surface area contributed by atoms with Gasteiger partial charge < -0.3 is 39.6 Å². The molecule has 4 N–H and O–H groups in total. The van der Waals surface area contributed by atoms with E-state index in [1.807, 2.05) is 13.0 Å². The van der Waals surface area contributed by atoms with Crippen molar-refractivity contribution in [3.8, 4) is 0 Å². The largest absolute Gasteiger partial charge is 0.458 e. The van der Waals surface area contributed by atoms with Crippen molar-refractivity contribution in [1.82, 2.24) is 5.32 Å². The first-order chi connectivity index (χ1) is 26.9. The molecule has 2 aromatic rings. The van der Waals surface area contributed by atoms with Crippen LogP contribution in [-0.4, -0.2) is 93.2 Å². The van der Waals surface area contributed by atoms with Gasteiger partial charge in [-0.1, -0.05) is 82.1 Å². The number of rotatable bonds is 12. The van der Waals surface area contributed by atoms with Crippen molar-refractivity contribution < 1.29 is 58.2 Å². The zero-order chi connectivity index (χ0) is 41.5. The van der Waals surface area contributed by atoms with E-state index in [0.29, 0.717) is 17.6 Å². The molecule has 2 saturated carbocycles. The Morgan fingerprint density at radius 1 is 0.965 bits per heavy atom. The van der Waals surface area contributed by atoms with E-state index in [9.17, 15) is 39.3 Å². The molecule has 57 heavy (non-hydrogen) atoms. The molecular weight excluding hydrogens is 734 g/mol. The molecule has 13 nitrogen and oxygen atoms in total. The smallest absolute Gasteiger partial charge is 0.338 e. The molecule has 0 aromatic heterocycles. The second-order valence-corrected chi connectivity index (χ2v) is 16.8. The number of aliphatic hydroxyl groups is 3. The number of benzene rings is 2. The van der Waals surface area contributed by atoms with Gasteiger partial charge >= 0.3 is 17.9 Å². The third kappa shape index (κ3) is 7.32. The van der Waals surface area contributed by atoms with E-state index >= 15 is 0 Å². The number of hydrogen-bond donors (Lipinski definition) is 4. The standard InChI is InChI=1S/C44H55NO12/c1-7-8-11-20-33(48)45-29(27-16-12-9-13-17-27)21-34(49)55-30-23-44(53)39(56-40(52)28-18-14-10-15-19-28)37-42(6,38(51)36(50)35(25(30)2)41(44,4)5)31(47)22-32-43(37,24-54-32)57-26(3)46/h9-10,12-19,29-32,36-37,39,47,50,53H,7-8,11,20-24H2,1-6H3,(H,45,48)/t29-,30+,31-,32+,36-,37?,39+,42-,43+,44+/m1/s1. The average molecular weight is 790 g/mol. The topological polar surface area (TPSA) is 195 Å². The molecule has 4 aliphatic rings. The monoisotopic (exact) mass is 789 g/mol. The fraction of sp³-hybridized carbons (Fsp3) is 0.568. The number of Topliss-reactive ketones (excluding diaryl/α,β-unsaturated/α-hetero) is 1. The lowest BCUT2D eigenvalue weighted by molar-refractivity contribution is -0.345. The molecule has 1 amide bonds. The van der Waals surface area contributed by atoms with Gasteiger partial charge in [-0.2, -0.15) is 0 Å². The Morgan fingerprint density at radius 3 is 2.21 bits per heavy atom. The fourth-order valence-corrected chi connectivity index (χ4v) is 9.89. The highest BCUT2D eigenvalue weighted by atomic mass is 16.6. The van der Waals surface area contributed by atoms with Crippen LogP contribution in [0.2, 0.25) is 0 Å². The predicted molar refractivity (Wildman–Crippen MR) is 205 cm³/mol. The number of carbonyl (C=O) groups is 5. The molecule has 3 fully saturated rings. The maximum Gasteiger partial charge on any atom is 0.338 e. The Morgan fingerprint density at radius 2 is 1.61 bits per heavy atom. The first-order valence-electron chi connectivity index (χ1n) is 19.9. The van der Waals surface area contributed by atoms with Crippen LogP contribution in [0.15, 0.2) is 71.8 Å². The second kappa shape index (κ2) is 16.1. The summed E-state index contributed by atoms with van der Waals surface area (Å²) in [6.07, 6.45) is -5.30. The summed E-state index contributed by atoms with van der Waals surface area (Å²) in [5, 5.41) is 40.4. The van der Waals surface area contributed by atoms with E-state index < -0.39 is 88.2 Å². The molecular formula is C44H55NO12. The van der Waals surface area contributed by atoms with E-state index in [4.69, 9.17) is 18.9 Å². The number of aliphatic hydroxyl groups excluding tert-OH is 2. The van der Waals surface area contributed by atoms with Gasteiger partial charge in [0, 0.05) is 31.6 Å². The summed E-state index contributed by atoms with van der Waals surface area (Å²) >= 11 is 0. The summed E-state index contributed by atoms with van der Waals surface area (Å²) in [4.78, 5) is 68.9. The molecule has 10 atom stereocenters. The maximum atomic E-state index is 14.9. The Labute approximate surface area is 333 Å². The van der Waals surface area contributed by atoms with Crippen molar-refractivity contribution in [2.24, 2.45) is 16.7 Å². The van der Waals surface area contributed by atoms with E-state index in [1.165, 1.54) is 26.0 Å². The van der Waals surface area contributed by atoms with Crippen LogP contribution < -0.4 is 5.32 Å². The van der Waals surface area contributed by atoms with Gasteiger partial charge in [-0.25, -0.2) is 4.79 Å². The van der Waals surface area contributed by atoms with E-state index in [-0.39, 0.29) is 49.3 Å². The molecule has 13 heteroatoms. The van der Waals surface area contributed by atoms with Gasteiger partial charge in [0.05, 0.1) is 42.1 Å². The molecule has 1 unspecified atom stereocenters. The van der Waals surface area contributed by atoms with Crippen LogP contribution in [0.4, 0.5) is 0 Å². The normalized spacial score (nSPS) is 33.2. The summed E-state index contributed by atoms with van der Waals surface area (Å²) < 4.78 is 24.4. The Hall–Kier alpha value is -4.43. The van der Waals surface area contributed by atoms with Crippen molar-refractivity contribution in [1.29, 1.82) is 0 Å². The molecule has 1 saturated heterocycles. The van der Waals surface area contributed by atoms with Crippen molar-refractivity contribution in [3.63, 3.8) is 0 Å². The van der Waals surface area contributed by atoms with Crippen molar-refractivity contribution in [2.75, 3.05) is 6.61 Å². The van der Waals surface area contributed by atoms with Gasteiger partial charge in [0.25, 0.3) is 0 Å². The maximum absolute atomic E-state index is 14.9. The number of ether oxygens (including phenoxy) is 4. The summed E-state index contributed by atoms with van der Waals surface area (Å²) in [6.45, 7) is 9.24. The third-order valence-corrected chi connectivity index (χ3v) is 13.1. The van der Waals surface area contributed by atoms with Gasteiger partial charge in [0.15, 0.2) is 11.4 Å². The predicted octanol–water partition coefficient (Wildman–Crippen LogP) is 4.46. The second-order valence-electron chi connectivity index (χ2n) is 16.8. The number of fused-ring (bicyclic) bond motifs is 5. The third-order valence-electron chi connectivity index (χ3n) is 13.1. The first kappa shape index (κ1) is 42.2. The van der Waals surface area contributed by atoms with E-state index in [0.717, 1.165) is 12.8 Å². The van der Waals surface area contributed by atoms with Gasteiger partial charge in [0.1, 0.15) is 30.0 Å². The SMILES string of the molecule is CCCCCC(=O)N[C@H](CC(=O)O[C@H]1C[C@]2(O)[C@@H](OC(=O)c3ccccc3)C3[C@](C)(C(=O)[C@H](O)C(=C1C)C2(C)C)[C@H](O)C[C@@H]1OC[C@@]31OC(C)=O)c1ccccc1. The van der Waals surface area contributed by atoms with Gasteiger partial charge in [-0.3, -0.25) is 19.2 Å². The highest BCUT2D eigenvalue weighted by molar-refractivity contribution is 5.94. The van der Waals surface area contributed by atoms with Gasteiger partial charge in [-0.05, 0) is 49.1 Å². The molecule has 6 rings (SSSR count). The van der Waals surface area contributed by atoms with Crippen LogP contribution in [0.3, 0.4) is 0 Å². The zero-order valence-electron chi connectivity index (χ0n) is 33.5. The minimum atomic E-state index is -2.23.